The zero-order valence-corrected chi connectivity index (χ0v) is 12.3. The third kappa shape index (κ3) is 2.73. The van der Waals surface area contributed by atoms with Crippen LogP contribution in [0, 0.1) is 6.92 Å². The molecule has 0 saturated carbocycles. The van der Waals surface area contributed by atoms with Gasteiger partial charge in [-0.2, -0.15) is 11.3 Å². The van der Waals surface area contributed by atoms with Crippen LogP contribution in [0.4, 0.5) is 5.69 Å². The number of hydrogen-bond donors (Lipinski definition) is 2. The van der Waals surface area contributed by atoms with Crippen molar-refractivity contribution in [2.75, 3.05) is 5.32 Å². The normalized spacial score (nSPS) is 10.7. The van der Waals surface area contributed by atoms with Crippen LogP contribution < -0.4 is 5.32 Å². The van der Waals surface area contributed by atoms with E-state index < -0.39 is 5.97 Å². The lowest BCUT2D eigenvalue weighted by molar-refractivity contribution is 0.0691. The van der Waals surface area contributed by atoms with E-state index in [0.717, 1.165) is 11.1 Å². The molecular formula is C16H14N2O2S. The summed E-state index contributed by atoms with van der Waals surface area (Å²) in [5, 5.41) is 17.6. The number of anilines is 1. The Morgan fingerprint density at radius 3 is 2.86 bits per heavy atom. The molecule has 5 heteroatoms. The number of carboxylic acid groups (broad SMARTS) is 1. The van der Waals surface area contributed by atoms with Crippen LogP contribution in [0.2, 0.25) is 0 Å². The molecule has 2 heterocycles. The Balaban J connectivity index is 1.99. The first-order valence-electron chi connectivity index (χ1n) is 6.54. The first kappa shape index (κ1) is 13.6. The molecule has 0 spiro atoms. The SMILES string of the molecule is Cc1cscc1CNc1cc(C(=O)O)nc2ccccc12. The molecule has 4 nitrogen and oxygen atoms in total. The molecule has 3 rings (SSSR count). The van der Waals surface area contributed by atoms with Crippen LogP contribution in [-0.4, -0.2) is 16.1 Å². The van der Waals surface area contributed by atoms with Gasteiger partial charge in [-0.1, -0.05) is 18.2 Å². The molecule has 0 atom stereocenters. The van der Waals surface area contributed by atoms with Crippen LogP contribution in [0.15, 0.2) is 41.1 Å². The van der Waals surface area contributed by atoms with Crippen molar-refractivity contribution in [3.05, 3.63) is 57.9 Å². The molecule has 0 fully saturated rings. The molecule has 3 aromatic rings. The lowest BCUT2D eigenvalue weighted by atomic mass is 10.1. The van der Waals surface area contributed by atoms with E-state index in [1.807, 2.05) is 24.3 Å². The number of aromatic carboxylic acids is 1. The standard InChI is InChI=1S/C16H14N2O2S/c1-10-8-21-9-11(10)7-17-14-6-15(16(19)20)18-13-5-3-2-4-12(13)14/h2-6,8-9H,7H2,1H3,(H,17,18)(H,19,20). The third-order valence-corrected chi connectivity index (χ3v) is 4.28. The van der Waals surface area contributed by atoms with Crippen molar-refractivity contribution < 1.29 is 9.90 Å². The average molecular weight is 298 g/mol. The van der Waals surface area contributed by atoms with Gasteiger partial charge in [0.2, 0.25) is 0 Å². The lowest BCUT2D eigenvalue weighted by Gasteiger charge is -2.10. The number of nitrogens with zero attached hydrogens (tertiary/aromatic N) is 1. The number of carbonyl (C=O) groups is 1. The summed E-state index contributed by atoms with van der Waals surface area (Å²) in [6.07, 6.45) is 0. The zero-order chi connectivity index (χ0) is 14.8. The number of thiophene rings is 1. The van der Waals surface area contributed by atoms with Crippen LogP contribution >= 0.6 is 11.3 Å². The smallest absolute Gasteiger partial charge is 0.354 e. The minimum atomic E-state index is -1.02. The van der Waals surface area contributed by atoms with E-state index in [-0.39, 0.29) is 5.69 Å². The van der Waals surface area contributed by atoms with Gasteiger partial charge in [-0.25, -0.2) is 9.78 Å². The molecule has 21 heavy (non-hydrogen) atoms. The number of pyridine rings is 1. The number of benzene rings is 1. The molecule has 0 saturated heterocycles. The third-order valence-electron chi connectivity index (χ3n) is 3.37. The summed E-state index contributed by atoms with van der Waals surface area (Å²) >= 11 is 1.67. The molecule has 106 valence electrons. The Morgan fingerprint density at radius 2 is 2.14 bits per heavy atom. The van der Waals surface area contributed by atoms with Crippen LogP contribution in [0.25, 0.3) is 10.9 Å². The minimum Gasteiger partial charge on any atom is -0.477 e. The predicted molar refractivity (Wildman–Crippen MR) is 85.1 cm³/mol. The van der Waals surface area contributed by atoms with E-state index in [2.05, 4.69) is 28.0 Å². The number of fused-ring (bicyclic) bond motifs is 1. The molecule has 0 aliphatic rings. The first-order valence-corrected chi connectivity index (χ1v) is 7.48. The van der Waals surface area contributed by atoms with E-state index >= 15 is 0 Å². The van der Waals surface area contributed by atoms with Gasteiger partial charge in [0.05, 0.1) is 5.52 Å². The van der Waals surface area contributed by atoms with Crippen molar-refractivity contribution in [1.29, 1.82) is 0 Å². The van der Waals surface area contributed by atoms with E-state index in [0.29, 0.717) is 12.1 Å². The van der Waals surface area contributed by atoms with Crippen LogP contribution in [0.3, 0.4) is 0 Å². The van der Waals surface area contributed by atoms with Crippen LogP contribution in [0.1, 0.15) is 21.6 Å². The summed E-state index contributed by atoms with van der Waals surface area (Å²) in [6.45, 7) is 2.74. The van der Waals surface area contributed by atoms with Gasteiger partial charge in [-0.3, -0.25) is 0 Å². The largest absolute Gasteiger partial charge is 0.477 e. The summed E-state index contributed by atoms with van der Waals surface area (Å²) in [6, 6.07) is 9.13. The highest BCUT2D eigenvalue weighted by atomic mass is 32.1. The van der Waals surface area contributed by atoms with Gasteiger partial charge in [-0.15, -0.1) is 0 Å². The van der Waals surface area contributed by atoms with Gasteiger partial charge in [0, 0.05) is 17.6 Å². The van der Waals surface area contributed by atoms with Gasteiger partial charge in [0.15, 0.2) is 5.69 Å². The summed E-state index contributed by atoms with van der Waals surface area (Å²) in [5.41, 5.74) is 3.99. The fraction of sp³-hybridized carbons (Fsp3) is 0.125. The van der Waals surface area contributed by atoms with Crippen molar-refractivity contribution in [1.82, 2.24) is 4.98 Å². The van der Waals surface area contributed by atoms with E-state index in [9.17, 15) is 9.90 Å². The molecule has 2 aromatic heterocycles. The maximum atomic E-state index is 11.2. The fourth-order valence-corrected chi connectivity index (χ4v) is 3.05. The number of rotatable bonds is 4. The quantitative estimate of drug-likeness (QED) is 0.766. The summed E-state index contributed by atoms with van der Waals surface area (Å²) < 4.78 is 0. The Morgan fingerprint density at radius 1 is 1.33 bits per heavy atom. The van der Waals surface area contributed by atoms with E-state index in [1.54, 1.807) is 17.4 Å². The molecule has 0 aliphatic heterocycles. The van der Waals surface area contributed by atoms with Gasteiger partial charge >= 0.3 is 5.97 Å². The monoisotopic (exact) mass is 298 g/mol. The predicted octanol–water partition coefficient (Wildman–Crippen LogP) is 3.92. The van der Waals surface area contributed by atoms with Crippen molar-refractivity contribution in [2.45, 2.75) is 13.5 Å². The Bertz CT molecular complexity index is 811. The maximum Gasteiger partial charge on any atom is 0.354 e. The second-order valence-electron chi connectivity index (χ2n) is 4.81. The molecule has 0 amide bonds. The molecule has 0 radical (unpaired) electrons. The van der Waals surface area contributed by atoms with Crippen LogP contribution in [-0.2, 0) is 6.54 Å². The number of aryl methyl sites for hydroxylation is 1. The van der Waals surface area contributed by atoms with E-state index in [4.69, 9.17) is 0 Å². The Labute approximate surface area is 126 Å². The first-order chi connectivity index (χ1) is 10.1. The topological polar surface area (TPSA) is 62.2 Å². The minimum absolute atomic E-state index is 0.0539. The molecule has 0 bridgehead atoms. The maximum absolute atomic E-state index is 11.2. The highest BCUT2D eigenvalue weighted by molar-refractivity contribution is 7.08. The summed E-state index contributed by atoms with van der Waals surface area (Å²) in [4.78, 5) is 15.4. The highest BCUT2D eigenvalue weighted by Crippen LogP contribution is 2.24. The number of nitrogens with one attached hydrogen (secondary N) is 1. The van der Waals surface area contributed by atoms with Crippen molar-refractivity contribution in [2.24, 2.45) is 0 Å². The second kappa shape index (κ2) is 5.54. The molecule has 1 aromatic carbocycles. The number of para-hydroxylation sites is 1. The Kier molecular flexibility index (Phi) is 3.58. The summed E-state index contributed by atoms with van der Waals surface area (Å²) in [7, 11) is 0. The summed E-state index contributed by atoms with van der Waals surface area (Å²) in [5.74, 6) is -1.02. The molecule has 2 N–H and O–H groups in total. The van der Waals surface area contributed by atoms with Gasteiger partial charge in [-0.05, 0) is 40.9 Å². The van der Waals surface area contributed by atoms with Crippen molar-refractivity contribution >= 4 is 33.9 Å². The fourth-order valence-electron chi connectivity index (χ4n) is 2.19. The number of hydrogen-bond acceptors (Lipinski definition) is 4. The van der Waals surface area contributed by atoms with Gasteiger partial charge in [0.25, 0.3) is 0 Å². The van der Waals surface area contributed by atoms with Gasteiger partial charge in [0.1, 0.15) is 0 Å². The van der Waals surface area contributed by atoms with Crippen molar-refractivity contribution in [3.63, 3.8) is 0 Å². The number of carboxylic acids is 1. The Hall–Kier alpha value is -2.40. The highest BCUT2D eigenvalue weighted by Gasteiger charge is 2.10. The molecular weight excluding hydrogens is 284 g/mol. The number of aromatic nitrogens is 1. The van der Waals surface area contributed by atoms with Gasteiger partial charge < -0.3 is 10.4 Å². The van der Waals surface area contributed by atoms with Crippen molar-refractivity contribution in [3.8, 4) is 0 Å². The second-order valence-corrected chi connectivity index (χ2v) is 5.55. The lowest BCUT2D eigenvalue weighted by Crippen LogP contribution is -2.05. The molecule has 0 aliphatic carbocycles. The van der Waals surface area contributed by atoms with E-state index in [1.165, 1.54) is 11.1 Å². The molecule has 0 unspecified atom stereocenters. The zero-order valence-electron chi connectivity index (χ0n) is 11.5. The average Bonchev–Trinajstić information content (AvgIpc) is 2.89. The van der Waals surface area contributed by atoms with Crippen LogP contribution in [0.5, 0.6) is 0 Å².